The van der Waals surface area contributed by atoms with Gasteiger partial charge in [-0.15, -0.1) is 0 Å². The minimum absolute atomic E-state index is 0.0774. The Morgan fingerprint density at radius 2 is 0.500 bits per heavy atom. The minimum Gasteiger partial charge on any atom is -0.151 e. The van der Waals surface area contributed by atoms with E-state index < -0.39 is 25.7 Å². The predicted octanol–water partition coefficient (Wildman–Crippen LogP) is 8.25. The number of hydrogen-bond donors (Lipinski definition) is 0. The third kappa shape index (κ3) is 2.32. The maximum Gasteiger partial charge on any atom is 0.257 e. The van der Waals surface area contributed by atoms with Crippen molar-refractivity contribution in [3.05, 3.63) is 0 Å². The maximum absolute atomic E-state index is 7.38. The molecule has 1 saturated heterocycles. The summed E-state index contributed by atoms with van der Waals surface area (Å²) in [5.41, 5.74) is -5.54. The van der Waals surface area contributed by atoms with E-state index in [1.807, 2.05) is 0 Å². The molecule has 0 radical (unpaired) electrons. The smallest absolute Gasteiger partial charge is 0.151 e. The average Bonchev–Trinajstić information content (AvgIpc) is 2.15. The molecule has 1 aliphatic heterocycles. The van der Waals surface area contributed by atoms with Gasteiger partial charge in [-0.05, 0) is 20.2 Å². The molecule has 0 N–H and O–H groups in total. The zero-order valence-corrected chi connectivity index (χ0v) is 24.5. The van der Waals surface area contributed by atoms with Gasteiger partial charge >= 0.3 is 0 Å². The summed E-state index contributed by atoms with van der Waals surface area (Å²) in [5.74, 6) is 0. The Morgan fingerprint density at radius 1 is 0.375 bits per heavy atom. The van der Waals surface area contributed by atoms with E-state index >= 15 is 0 Å². The van der Waals surface area contributed by atoms with Gasteiger partial charge in [0.05, 0.1) is 14.2 Å². The first-order valence-corrected chi connectivity index (χ1v) is 24.8. The molecule has 0 aliphatic carbocycles. The average molecular weight is 483 g/mol. The first-order chi connectivity index (χ1) is 10.0. The van der Waals surface area contributed by atoms with Gasteiger partial charge in [-0.1, -0.05) is 83.1 Å². The highest BCUT2D eigenvalue weighted by molar-refractivity contribution is 8.37. The highest BCUT2D eigenvalue weighted by atomic mass is 35.8. The lowest BCUT2D eigenvalue weighted by molar-refractivity contribution is 0.602. The van der Waals surface area contributed by atoms with Crippen LogP contribution in [-0.4, -0.2) is 25.7 Å². The van der Waals surface area contributed by atoms with Crippen molar-refractivity contribution in [3.8, 4) is 0 Å². The third-order valence-corrected chi connectivity index (χ3v) is 120. The molecule has 0 aromatic rings. The maximum atomic E-state index is 7.38. The Labute approximate surface area is 172 Å². The first kappa shape index (κ1) is 24.1. The standard InChI is InChI=1S/C16H36Cl4Si4/c1-13(2,3)21(14(4,5)6)22(15(7,8)9,16(10,11)12)24(19,20)23(21,17)18/h1-12H3. The second kappa shape index (κ2) is 5.77. The van der Waals surface area contributed by atoms with Gasteiger partial charge in [0.15, 0.2) is 0 Å². The molecule has 0 aromatic carbocycles. The van der Waals surface area contributed by atoms with E-state index in [4.69, 9.17) is 44.3 Å². The fraction of sp³-hybridized carbons (Fsp3) is 1.00. The van der Waals surface area contributed by atoms with Gasteiger partial charge in [-0.2, -0.15) is 44.3 Å². The van der Waals surface area contributed by atoms with Crippen LogP contribution in [0.15, 0.2) is 0 Å². The van der Waals surface area contributed by atoms with Crippen molar-refractivity contribution in [3.63, 3.8) is 0 Å². The molecule has 0 atom stereocenters. The number of hydrogen-bond acceptors (Lipinski definition) is 0. The van der Waals surface area contributed by atoms with Crippen LogP contribution in [0.5, 0.6) is 0 Å². The van der Waals surface area contributed by atoms with Gasteiger partial charge < -0.3 is 0 Å². The Bertz CT molecular complexity index is 440. The summed E-state index contributed by atoms with van der Waals surface area (Å²) in [4.78, 5) is 0. The van der Waals surface area contributed by atoms with Crippen LogP contribution >= 0.6 is 44.3 Å². The van der Waals surface area contributed by atoms with Crippen molar-refractivity contribution in [1.82, 2.24) is 0 Å². The van der Waals surface area contributed by atoms with Crippen LogP contribution in [0.3, 0.4) is 0 Å². The van der Waals surface area contributed by atoms with E-state index in [0.29, 0.717) is 0 Å². The molecule has 0 aromatic heterocycles. The van der Waals surface area contributed by atoms with Crippen molar-refractivity contribution >= 4 is 70.0 Å². The highest BCUT2D eigenvalue weighted by Gasteiger charge is 3.00. The molecule has 24 heavy (non-hydrogen) atoms. The van der Waals surface area contributed by atoms with E-state index in [9.17, 15) is 0 Å². The van der Waals surface area contributed by atoms with Crippen LogP contribution in [-0.2, 0) is 0 Å². The van der Waals surface area contributed by atoms with Crippen molar-refractivity contribution in [2.24, 2.45) is 0 Å². The normalized spacial score (nSPS) is 26.0. The molecule has 0 unspecified atom stereocenters. The van der Waals surface area contributed by atoms with E-state index in [2.05, 4.69) is 83.1 Å². The molecule has 0 amide bonds. The summed E-state index contributed by atoms with van der Waals surface area (Å²) in [7, 11) is -4.51. The fourth-order valence-electron chi connectivity index (χ4n) is 7.26. The third-order valence-electron chi connectivity index (χ3n) is 6.40. The lowest BCUT2D eigenvalue weighted by Crippen LogP contribution is -3.08. The van der Waals surface area contributed by atoms with Gasteiger partial charge in [0.1, 0.15) is 0 Å². The van der Waals surface area contributed by atoms with Gasteiger partial charge in [0.2, 0.25) is 0 Å². The highest BCUT2D eigenvalue weighted by Crippen LogP contribution is 2.82. The Balaban J connectivity index is 4.25. The van der Waals surface area contributed by atoms with Gasteiger partial charge in [0, 0.05) is 0 Å². The SMILES string of the molecule is CC(C)(C)[Si]1(C(C)(C)C)[Si](Cl)(Cl)[Si](Cl)(Cl)[Si]1(C(C)(C)C)C(C)(C)C. The van der Waals surface area contributed by atoms with Gasteiger partial charge in [-0.25, -0.2) is 0 Å². The molecule has 1 fully saturated rings. The second-order valence-electron chi connectivity index (χ2n) is 11.6. The molecular weight excluding hydrogens is 446 g/mol. The summed E-state index contributed by atoms with van der Waals surface area (Å²) < 4.78 is 0. The molecule has 0 nitrogen and oxygen atoms in total. The predicted molar refractivity (Wildman–Crippen MR) is 125 cm³/mol. The Kier molecular flexibility index (Phi) is 5.79. The summed E-state index contributed by atoms with van der Waals surface area (Å²) in [6.07, 6.45) is 0. The first-order valence-electron chi connectivity index (χ1n) is 8.76. The van der Waals surface area contributed by atoms with E-state index in [1.54, 1.807) is 0 Å². The molecule has 0 bridgehead atoms. The fourth-order valence-corrected chi connectivity index (χ4v) is 193. The van der Waals surface area contributed by atoms with Crippen LogP contribution in [0.25, 0.3) is 0 Å². The molecule has 0 saturated carbocycles. The summed E-state index contributed by atoms with van der Waals surface area (Å²) in [5, 5.41) is 0.310. The van der Waals surface area contributed by atoms with Gasteiger partial charge in [0.25, 0.3) is 11.5 Å². The quantitative estimate of drug-likeness (QED) is 0.241. The Morgan fingerprint density at radius 3 is 0.583 bits per heavy atom. The number of rotatable bonds is 0. The van der Waals surface area contributed by atoms with Crippen LogP contribution in [0.2, 0.25) is 20.2 Å². The van der Waals surface area contributed by atoms with E-state index in [0.717, 1.165) is 0 Å². The van der Waals surface area contributed by atoms with Crippen molar-refractivity contribution in [2.75, 3.05) is 0 Å². The topological polar surface area (TPSA) is 0 Å². The molecule has 1 aliphatic rings. The summed E-state index contributed by atoms with van der Waals surface area (Å²) >= 11 is 29.5. The summed E-state index contributed by atoms with van der Waals surface area (Å²) in [6.45, 7) is 28.4. The lowest BCUT2D eigenvalue weighted by atomic mass is 10.2. The largest absolute Gasteiger partial charge is 0.257 e. The summed E-state index contributed by atoms with van der Waals surface area (Å²) in [6, 6.07) is 0. The van der Waals surface area contributed by atoms with Crippen molar-refractivity contribution in [2.45, 2.75) is 103 Å². The molecule has 1 heterocycles. The van der Waals surface area contributed by atoms with Crippen LogP contribution in [0.4, 0.5) is 0 Å². The second-order valence-corrected chi connectivity index (χ2v) is 62.5. The zero-order chi connectivity index (χ0) is 20.0. The zero-order valence-electron chi connectivity index (χ0n) is 17.5. The van der Waals surface area contributed by atoms with E-state index in [1.165, 1.54) is 0 Å². The Hall–Kier alpha value is 2.03. The van der Waals surface area contributed by atoms with Gasteiger partial charge in [-0.3, -0.25) is 0 Å². The minimum atomic E-state index is -2.77. The molecule has 0 spiro atoms. The monoisotopic (exact) mass is 480 g/mol. The van der Waals surface area contributed by atoms with Crippen LogP contribution in [0, 0.1) is 0 Å². The van der Waals surface area contributed by atoms with Crippen LogP contribution < -0.4 is 0 Å². The van der Waals surface area contributed by atoms with Crippen molar-refractivity contribution < 1.29 is 0 Å². The molecule has 144 valence electrons. The molecular formula is C16H36Cl4Si4. The van der Waals surface area contributed by atoms with E-state index in [-0.39, 0.29) is 20.2 Å². The lowest BCUT2D eigenvalue weighted by Gasteiger charge is -2.83. The number of halogens is 4. The molecule has 1 rings (SSSR count). The van der Waals surface area contributed by atoms with Crippen molar-refractivity contribution in [1.29, 1.82) is 0 Å². The molecule has 8 heteroatoms. The van der Waals surface area contributed by atoms with Crippen LogP contribution in [0.1, 0.15) is 83.1 Å².